The second-order valence-corrected chi connectivity index (χ2v) is 8.85. The van der Waals surface area contributed by atoms with Crippen LogP contribution in [-0.4, -0.2) is 22.6 Å². The lowest BCUT2D eigenvalue weighted by atomic mass is 10.2. The maximum Gasteiger partial charge on any atom is 0.194 e. The molecule has 0 aromatic heterocycles. The predicted octanol–water partition coefficient (Wildman–Crippen LogP) is 3.13. The molecule has 124 valence electrons. The molecule has 0 unspecified atom stereocenters. The number of sulfone groups is 2. The molecule has 2 aromatic rings. The maximum atomic E-state index is 12.3. The fourth-order valence-corrected chi connectivity index (χ4v) is 5.22. The lowest BCUT2D eigenvalue weighted by molar-refractivity contribution is 0.482. The average Bonchev–Trinajstić information content (AvgIpc) is 2.64. The highest BCUT2D eigenvalue weighted by molar-refractivity contribution is 8.04. The number of hydrogen-bond acceptors (Lipinski definition) is 5. The van der Waals surface area contributed by atoms with E-state index in [9.17, 15) is 16.8 Å². The quantitative estimate of drug-likeness (QED) is 0.838. The van der Waals surface area contributed by atoms with E-state index in [1.807, 2.05) is 18.2 Å². The molecule has 3 rings (SSSR count). The molecule has 1 heterocycles. The molecule has 2 aromatic carbocycles. The third kappa shape index (κ3) is 3.74. The van der Waals surface area contributed by atoms with Crippen LogP contribution in [0.15, 0.2) is 71.5 Å². The molecule has 0 atom stereocenters. The van der Waals surface area contributed by atoms with Crippen molar-refractivity contribution in [2.75, 3.05) is 5.75 Å². The molecule has 0 radical (unpaired) electrons. The van der Waals surface area contributed by atoms with Gasteiger partial charge < -0.3 is 4.74 Å². The van der Waals surface area contributed by atoms with Crippen LogP contribution >= 0.6 is 0 Å². The van der Waals surface area contributed by atoms with Gasteiger partial charge in [-0.3, -0.25) is 0 Å². The Balaban J connectivity index is 1.94. The number of hydrogen-bond donors (Lipinski definition) is 0. The van der Waals surface area contributed by atoms with Gasteiger partial charge in [-0.05, 0) is 42.0 Å². The van der Waals surface area contributed by atoms with Crippen LogP contribution in [0.3, 0.4) is 0 Å². The standard InChI is InChI=1S/C17H14O5S2/c18-23(19)11-4-12-24(20,21)17(13-23)14-7-9-16(10-8-14)22-15-5-2-1-3-6-15/h1-11,13H,12H2. The molecule has 0 amide bonds. The number of ether oxygens (including phenoxy) is 1. The van der Waals surface area contributed by atoms with Crippen molar-refractivity contribution in [3.05, 3.63) is 77.1 Å². The van der Waals surface area contributed by atoms with E-state index >= 15 is 0 Å². The van der Waals surface area contributed by atoms with Gasteiger partial charge in [-0.1, -0.05) is 24.3 Å². The summed E-state index contributed by atoms with van der Waals surface area (Å²) in [4.78, 5) is -0.209. The van der Waals surface area contributed by atoms with Crippen LogP contribution in [0.5, 0.6) is 11.5 Å². The summed E-state index contributed by atoms with van der Waals surface area (Å²) in [7, 11) is -7.40. The minimum atomic E-state index is -3.70. The summed E-state index contributed by atoms with van der Waals surface area (Å²) in [5.41, 5.74) is 0.308. The second-order valence-electron chi connectivity index (χ2n) is 5.16. The first kappa shape index (κ1) is 16.5. The van der Waals surface area contributed by atoms with Crippen molar-refractivity contribution >= 4 is 24.6 Å². The third-order valence-corrected chi connectivity index (χ3v) is 6.27. The first-order valence-electron chi connectivity index (χ1n) is 7.05. The Morgan fingerprint density at radius 1 is 0.792 bits per heavy atom. The van der Waals surface area contributed by atoms with Gasteiger partial charge in [-0.2, -0.15) is 0 Å². The van der Waals surface area contributed by atoms with Gasteiger partial charge in [-0.15, -0.1) is 0 Å². The zero-order valence-corrected chi connectivity index (χ0v) is 14.1. The summed E-state index contributed by atoms with van der Waals surface area (Å²) in [5.74, 6) is 0.830. The van der Waals surface area contributed by atoms with Gasteiger partial charge in [0.05, 0.1) is 16.1 Å². The van der Waals surface area contributed by atoms with E-state index in [4.69, 9.17) is 4.74 Å². The van der Waals surface area contributed by atoms with Crippen LogP contribution in [0.25, 0.3) is 4.91 Å². The van der Waals surface area contributed by atoms with Crippen LogP contribution in [0, 0.1) is 0 Å². The van der Waals surface area contributed by atoms with Crippen molar-refractivity contribution in [2.24, 2.45) is 0 Å². The highest BCUT2D eigenvalue weighted by Crippen LogP contribution is 2.29. The van der Waals surface area contributed by atoms with Gasteiger partial charge in [0.25, 0.3) is 0 Å². The molecule has 0 saturated carbocycles. The van der Waals surface area contributed by atoms with E-state index < -0.39 is 19.7 Å². The molecule has 0 bridgehead atoms. The van der Waals surface area contributed by atoms with Crippen molar-refractivity contribution in [1.82, 2.24) is 0 Å². The van der Waals surface area contributed by atoms with Gasteiger partial charge in [0.1, 0.15) is 11.5 Å². The third-order valence-electron chi connectivity index (χ3n) is 3.33. The largest absolute Gasteiger partial charge is 0.457 e. The van der Waals surface area contributed by atoms with Gasteiger partial charge in [0.2, 0.25) is 0 Å². The second kappa shape index (κ2) is 6.26. The van der Waals surface area contributed by atoms with Crippen molar-refractivity contribution < 1.29 is 21.6 Å². The van der Waals surface area contributed by atoms with Crippen LogP contribution < -0.4 is 4.74 Å². The molecular formula is C17H14O5S2. The first-order valence-corrected chi connectivity index (χ1v) is 10.3. The molecule has 7 heteroatoms. The summed E-state index contributed by atoms with van der Waals surface area (Å²) in [5, 5.41) is 1.70. The van der Waals surface area contributed by atoms with Gasteiger partial charge in [0, 0.05) is 5.41 Å². The highest BCUT2D eigenvalue weighted by Gasteiger charge is 2.24. The lowest BCUT2D eigenvalue weighted by Crippen LogP contribution is -2.06. The Hall–Kier alpha value is -2.38. The molecule has 5 nitrogen and oxygen atoms in total. The molecule has 1 aliphatic rings. The Bertz CT molecular complexity index is 1000. The Kier molecular flexibility index (Phi) is 4.29. The van der Waals surface area contributed by atoms with Crippen LogP contribution in [-0.2, 0) is 19.7 Å². The number of rotatable bonds is 3. The minimum Gasteiger partial charge on any atom is -0.457 e. The molecular weight excluding hydrogens is 348 g/mol. The fraction of sp³-hybridized carbons (Fsp3) is 0.0588. The van der Waals surface area contributed by atoms with Crippen molar-refractivity contribution in [2.45, 2.75) is 0 Å². The summed E-state index contributed by atoms with van der Waals surface area (Å²) >= 11 is 0. The number of para-hydroxylation sites is 1. The first-order chi connectivity index (χ1) is 11.4. The molecule has 0 spiro atoms. The van der Waals surface area contributed by atoms with Crippen LogP contribution in [0.4, 0.5) is 0 Å². The summed E-state index contributed by atoms with van der Waals surface area (Å²) in [6.45, 7) is 0. The van der Waals surface area contributed by atoms with Gasteiger partial charge in [0.15, 0.2) is 19.7 Å². The van der Waals surface area contributed by atoms with Gasteiger partial charge in [-0.25, -0.2) is 16.8 Å². The topological polar surface area (TPSA) is 77.5 Å². The summed E-state index contributed by atoms with van der Waals surface area (Å²) in [6.07, 6.45) is 1.14. The lowest BCUT2D eigenvalue weighted by Gasteiger charge is -2.09. The minimum absolute atomic E-state index is 0.209. The zero-order valence-electron chi connectivity index (χ0n) is 12.5. The van der Waals surface area contributed by atoms with E-state index in [0.29, 0.717) is 17.1 Å². The smallest absolute Gasteiger partial charge is 0.194 e. The van der Waals surface area contributed by atoms with E-state index in [0.717, 1.165) is 16.9 Å². The summed E-state index contributed by atoms with van der Waals surface area (Å²) < 4.78 is 53.7. The zero-order chi connectivity index (χ0) is 17.2. The van der Waals surface area contributed by atoms with Crippen molar-refractivity contribution in [3.63, 3.8) is 0 Å². The predicted molar refractivity (Wildman–Crippen MR) is 92.8 cm³/mol. The number of benzene rings is 2. The maximum absolute atomic E-state index is 12.3. The monoisotopic (exact) mass is 362 g/mol. The Morgan fingerprint density at radius 3 is 2.08 bits per heavy atom. The fourth-order valence-electron chi connectivity index (χ4n) is 2.21. The molecule has 24 heavy (non-hydrogen) atoms. The molecule has 0 N–H and O–H groups in total. The highest BCUT2D eigenvalue weighted by atomic mass is 32.2. The molecule has 1 aliphatic heterocycles. The van der Waals surface area contributed by atoms with E-state index in [1.54, 1.807) is 24.3 Å². The SMILES string of the molecule is O=S1(=O)C=CCS(=O)(=O)C(c2ccc(Oc3ccccc3)cc2)=C1. The molecule has 0 fully saturated rings. The average molecular weight is 362 g/mol. The van der Waals surface area contributed by atoms with Crippen LogP contribution in [0.2, 0.25) is 0 Å². The van der Waals surface area contributed by atoms with Crippen LogP contribution in [0.1, 0.15) is 5.56 Å². The van der Waals surface area contributed by atoms with E-state index in [2.05, 4.69) is 0 Å². The molecule has 0 aliphatic carbocycles. The summed E-state index contributed by atoms with van der Waals surface area (Å²) in [6, 6.07) is 15.4. The normalized spacial score (nSPS) is 18.4. The Labute approximate surface area is 140 Å². The Morgan fingerprint density at radius 2 is 1.42 bits per heavy atom. The molecule has 0 saturated heterocycles. The van der Waals surface area contributed by atoms with E-state index in [-0.39, 0.29) is 10.7 Å². The van der Waals surface area contributed by atoms with Crippen molar-refractivity contribution in [3.8, 4) is 11.5 Å². The van der Waals surface area contributed by atoms with Crippen molar-refractivity contribution in [1.29, 1.82) is 0 Å². The van der Waals surface area contributed by atoms with Gasteiger partial charge >= 0.3 is 0 Å². The van der Waals surface area contributed by atoms with E-state index in [1.165, 1.54) is 12.1 Å².